The summed E-state index contributed by atoms with van der Waals surface area (Å²) in [5.41, 5.74) is 2.67. The average molecular weight is 459 g/mol. The molecule has 3 aromatic rings. The van der Waals surface area contributed by atoms with Gasteiger partial charge >= 0.3 is 0 Å². The second-order valence-electron chi connectivity index (χ2n) is 8.35. The van der Waals surface area contributed by atoms with E-state index in [1.807, 2.05) is 84.9 Å². The van der Waals surface area contributed by atoms with Crippen molar-refractivity contribution in [2.45, 2.75) is 31.9 Å². The van der Waals surface area contributed by atoms with Gasteiger partial charge in [0.25, 0.3) is 5.91 Å². The van der Waals surface area contributed by atoms with Gasteiger partial charge in [-0.15, -0.1) is 0 Å². The van der Waals surface area contributed by atoms with E-state index in [0.29, 0.717) is 18.8 Å². The van der Waals surface area contributed by atoms with Crippen LogP contribution >= 0.6 is 0 Å². The van der Waals surface area contributed by atoms with Crippen molar-refractivity contribution in [3.05, 3.63) is 96.1 Å². The number of nitrogens with zero attached hydrogens (tertiary/aromatic N) is 1. The molecule has 0 aromatic heterocycles. The Labute approximate surface area is 200 Å². The number of amides is 2. The summed E-state index contributed by atoms with van der Waals surface area (Å²) in [6, 6.07) is 26.7. The highest BCUT2D eigenvalue weighted by atomic mass is 16.5. The van der Waals surface area contributed by atoms with Crippen LogP contribution in [0.15, 0.2) is 84.9 Å². The Morgan fingerprint density at radius 1 is 0.912 bits per heavy atom. The Morgan fingerprint density at radius 2 is 1.62 bits per heavy atom. The van der Waals surface area contributed by atoms with Crippen molar-refractivity contribution in [1.29, 1.82) is 0 Å². The molecule has 6 nitrogen and oxygen atoms in total. The third-order valence-corrected chi connectivity index (χ3v) is 5.75. The van der Waals surface area contributed by atoms with Gasteiger partial charge in [0.15, 0.2) is 6.61 Å². The zero-order chi connectivity index (χ0) is 23.6. The predicted molar refractivity (Wildman–Crippen MR) is 132 cm³/mol. The van der Waals surface area contributed by atoms with E-state index in [2.05, 4.69) is 5.32 Å². The number of anilines is 1. The number of para-hydroxylation sites is 1. The summed E-state index contributed by atoms with van der Waals surface area (Å²) in [6.45, 7) is 1.69. The lowest BCUT2D eigenvalue weighted by Crippen LogP contribution is -2.34. The number of ether oxygens (including phenoxy) is 2. The fourth-order valence-electron chi connectivity index (χ4n) is 3.90. The van der Waals surface area contributed by atoms with Crippen LogP contribution in [0.2, 0.25) is 0 Å². The van der Waals surface area contributed by atoms with Gasteiger partial charge in [0.1, 0.15) is 5.75 Å². The number of rotatable bonds is 10. The fourth-order valence-corrected chi connectivity index (χ4v) is 3.90. The second kappa shape index (κ2) is 12.0. The highest BCUT2D eigenvalue weighted by Gasteiger charge is 2.18. The van der Waals surface area contributed by atoms with E-state index in [-0.39, 0.29) is 30.9 Å². The second-order valence-corrected chi connectivity index (χ2v) is 8.35. The van der Waals surface area contributed by atoms with E-state index < -0.39 is 0 Å². The average Bonchev–Trinajstić information content (AvgIpc) is 3.40. The van der Waals surface area contributed by atoms with Crippen LogP contribution in [0.5, 0.6) is 5.75 Å². The molecule has 1 fully saturated rings. The normalized spacial score (nSPS) is 15.0. The lowest BCUT2D eigenvalue weighted by Gasteiger charge is -2.23. The molecule has 0 aliphatic carbocycles. The van der Waals surface area contributed by atoms with Crippen molar-refractivity contribution < 1.29 is 19.1 Å². The minimum Gasteiger partial charge on any atom is -0.484 e. The molecule has 1 saturated heterocycles. The molecule has 4 rings (SSSR count). The van der Waals surface area contributed by atoms with E-state index in [0.717, 1.165) is 36.3 Å². The van der Waals surface area contributed by atoms with Crippen molar-refractivity contribution in [3.8, 4) is 5.75 Å². The Kier molecular flexibility index (Phi) is 8.30. The molecule has 1 aliphatic heterocycles. The summed E-state index contributed by atoms with van der Waals surface area (Å²) in [5.74, 6) is 0.478. The summed E-state index contributed by atoms with van der Waals surface area (Å²) in [5, 5.41) is 2.95. The first-order valence-electron chi connectivity index (χ1n) is 11.7. The number of benzene rings is 3. The summed E-state index contributed by atoms with van der Waals surface area (Å²) < 4.78 is 11.3. The minimum atomic E-state index is -0.144. The van der Waals surface area contributed by atoms with E-state index in [1.54, 1.807) is 4.90 Å². The molecule has 0 radical (unpaired) electrons. The van der Waals surface area contributed by atoms with Gasteiger partial charge in [0.2, 0.25) is 5.91 Å². The number of hydrogen-bond donors (Lipinski definition) is 1. The molecule has 34 heavy (non-hydrogen) atoms. The largest absolute Gasteiger partial charge is 0.484 e. The molecule has 2 amide bonds. The standard InChI is InChI=1S/C28H30N2O4/c31-27(29-19-26-12-7-17-33-26)18-22-13-15-24(16-14-22)30(20-23-8-3-1-4-9-23)28(32)21-34-25-10-5-2-6-11-25/h1-6,8-11,13-16,26H,7,12,17-21H2,(H,29,31)/t26-/m1/s1. The molecule has 0 saturated carbocycles. The fraction of sp³-hybridized carbons (Fsp3) is 0.286. The maximum Gasteiger partial charge on any atom is 0.265 e. The number of nitrogens with one attached hydrogen (secondary N) is 1. The van der Waals surface area contributed by atoms with Crippen molar-refractivity contribution in [2.75, 3.05) is 24.7 Å². The van der Waals surface area contributed by atoms with Crippen LogP contribution in [0.3, 0.4) is 0 Å². The number of hydrogen-bond acceptors (Lipinski definition) is 4. The molecule has 6 heteroatoms. The first-order chi connectivity index (χ1) is 16.7. The van der Waals surface area contributed by atoms with Gasteiger partial charge in [-0.3, -0.25) is 9.59 Å². The summed E-state index contributed by atoms with van der Waals surface area (Å²) in [6.07, 6.45) is 2.46. The minimum absolute atomic E-state index is 0.0308. The molecular weight excluding hydrogens is 428 g/mol. The summed E-state index contributed by atoms with van der Waals surface area (Å²) >= 11 is 0. The first-order valence-corrected chi connectivity index (χ1v) is 11.7. The maximum absolute atomic E-state index is 13.1. The van der Waals surface area contributed by atoms with Gasteiger partial charge in [0, 0.05) is 18.8 Å². The number of carbonyl (C=O) groups excluding carboxylic acids is 2. The van der Waals surface area contributed by atoms with Crippen molar-refractivity contribution >= 4 is 17.5 Å². The Morgan fingerprint density at radius 3 is 2.29 bits per heavy atom. The molecule has 0 spiro atoms. The van der Waals surface area contributed by atoms with Gasteiger partial charge in [-0.1, -0.05) is 60.7 Å². The lowest BCUT2D eigenvalue weighted by atomic mass is 10.1. The summed E-state index contributed by atoms with van der Waals surface area (Å²) in [4.78, 5) is 27.1. The van der Waals surface area contributed by atoms with Crippen LogP contribution in [-0.2, 0) is 27.3 Å². The molecule has 1 N–H and O–H groups in total. The predicted octanol–water partition coefficient (Wildman–Crippen LogP) is 4.14. The Balaban J connectivity index is 1.40. The van der Waals surface area contributed by atoms with Gasteiger partial charge in [0.05, 0.1) is 19.1 Å². The quantitative estimate of drug-likeness (QED) is 0.496. The van der Waals surface area contributed by atoms with E-state index >= 15 is 0 Å². The van der Waals surface area contributed by atoms with E-state index in [9.17, 15) is 9.59 Å². The molecule has 3 aromatic carbocycles. The monoisotopic (exact) mass is 458 g/mol. The third-order valence-electron chi connectivity index (χ3n) is 5.75. The molecule has 1 aliphatic rings. The van der Waals surface area contributed by atoms with Crippen molar-refractivity contribution in [3.63, 3.8) is 0 Å². The van der Waals surface area contributed by atoms with Crippen LogP contribution in [0.25, 0.3) is 0 Å². The molecule has 1 heterocycles. The van der Waals surface area contributed by atoms with Gasteiger partial charge in [-0.2, -0.15) is 0 Å². The van der Waals surface area contributed by atoms with Gasteiger partial charge in [-0.05, 0) is 48.2 Å². The Hall–Kier alpha value is -3.64. The highest BCUT2D eigenvalue weighted by Crippen LogP contribution is 2.20. The first kappa shape index (κ1) is 23.5. The zero-order valence-corrected chi connectivity index (χ0v) is 19.2. The molecule has 0 unspecified atom stereocenters. The summed E-state index contributed by atoms with van der Waals surface area (Å²) in [7, 11) is 0. The van der Waals surface area contributed by atoms with E-state index in [4.69, 9.17) is 9.47 Å². The molecule has 1 atom stereocenters. The molecule has 0 bridgehead atoms. The molecular formula is C28H30N2O4. The number of carbonyl (C=O) groups is 2. The Bertz CT molecular complexity index is 1050. The van der Waals surface area contributed by atoms with E-state index in [1.165, 1.54) is 0 Å². The zero-order valence-electron chi connectivity index (χ0n) is 19.2. The van der Waals surface area contributed by atoms with Crippen molar-refractivity contribution in [1.82, 2.24) is 5.32 Å². The van der Waals surface area contributed by atoms with Crippen LogP contribution in [0.4, 0.5) is 5.69 Å². The third kappa shape index (κ3) is 6.93. The smallest absolute Gasteiger partial charge is 0.265 e. The lowest BCUT2D eigenvalue weighted by molar-refractivity contribution is -0.121. The van der Waals surface area contributed by atoms with Gasteiger partial charge < -0.3 is 19.7 Å². The topological polar surface area (TPSA) is 67.9 Å². The van der Waals surface area contributed by atoms with Crippen LogP contribution in [0, 0.1) is 0 Å². The maximum atomic E-state index is 13.1. The van der Waals surface area contributed by atoms with Crippen LogP contribution in [-0.4, -0.2) is 37.7 Å². The van der Waals surface area contributed by atoms with Crippen molar-refractivity contribution in [2.24, 2.45) is 0 Å². The molecule has 176 valence electrons. The van der Waals surface area contributed by atoms with Crippen LogP contribution in [0.1, 0.15) is 24.0 Å². The highest BCUT2D eigenvalue weighted by molar-refractivity contribution is 5.94. The van der Waals surface area contributed by atoms with Crippen LogP contribution < -0.4 is 15.0 Å². The SMILES string of the molecule is O=C(Cc1ccc(N(Cc2ccccc2)C(=O)COc2ccccc2)cc1)NC[C@H]1CCCO1. The van der Waals surface area contributed by atoms with Gasteiger partial charge in [-0.25, -0.2) is 0 Å².